The molecule has 2 saturated heterocycles. The van der Waals surface area contributed by atoms with Crippen molar-refractivity contribution in [3.8, 4) is 17.0 Å². The first-order valence-electron chi connectivity index (χ1n) is 13.1. The number of methoxy groups -OCH3 is 1. The van der Waals surface area contributed by atoms with Crippen LogP contribution in [0.25, 0.3) is 22.4 Å². The summed E-state index contributed by atoms with van der Waals surface area (Å²) < 4.78 is 12.9. The van der Waals surface area contributed by atoms with E-state index in [0.717, 1.165) is 85.1 Å². The van der Waals surface area contributed by atoms with Crippen molar-refractivity contribution in [2.24, 2.45) is 12.5 Å². The lowest BCUT2D eigenvalue weighted by Gasteiger charge is -2.39. The number of likely N-dealkylation sites (tertiary alicyclic amines) is 1. The molecule has 2 aliphatic rings. The molecule has 2 fully saturated rings. The molecule has 196 valence electrons. The smallest absolute Gasteiger partial charge is 0.410 e. The summed E-state index contributed by atoms with van der Waals surface area (Å²) in [6, 6.07) is 17.7. The summed E-state index contributed by atoms with van der Waals surface area (Å²) >= 11 is 0. The van der Waals surface area contributed by atoms with Crippen molar-refractivity contribution in [3.05, 3.63) is 66.5 Å². The van der Waals surface area contributed by atoms with Crippen molar-refractivity contribution in [2.75, 3.05) is 38.2 Å². The third-order valence-corrected chi connectivity index (χ3v) is 7.92. The number of amides is 1. The fourth-order valence-electron chi connectivity index (χ4n) is 5.58. The number of anilines is 1. The lowest BCUT2D eigenvalue weighted by Crippen LogP contribution is -2.43. The molecule has 2 aromatic carbocycles. The molecule has 4 aromatic rings. The average molecular weight is 513 g/mol. The highest BCUT2D eigenvalue weighted by Crippen LogP contribution is 2.41. The van der Waals surface area contributed by atoms with Gasteiger partial charge in [-0.25, -0.2) is 14.8 Å². The molecule has 0 radical (unpaired) electrons. The van der Waals surface area contributed by atoms with E-state index in [1.54, 1.807) is 13.4 Å². The van der Waals surface area contributed by atoms with Gasteiger partial charge < -0.3 is 23.8 Å². The fraction of sp³-hybridized carbons (Fsp3) is 0.379. The number of hydrogen-bond acceptors (Lipinski definition) is 7. The van der Waals surface area contributed by atoms with E-state index in [1.807, 2.05) is 71.1 Å². The monoisotopic (exact) mass is 512 g/mol. The molecule has 2 aliphatic heterocycles. The second kappa shape index (κ2) is 9.96. The Hall–Kier alpha value is -4.14. The van der Waals surface area contributed by atoms with E-state index >= 15 is 0 Å². The van der Waals surface area contributed by atoms with Crippen LogP contribution in [0.3, 0.4) is 0 Å². The number of carbonyl (C=O) groups is 1. The number of aryl methyl sites for hydroxylation is 1. The summed E-state index contributed by atoms with van der Waals surface area (Å²) in [5.41, 5.74) is 4.53. The van der Waals surface area contributed by atoms with Gasteiger partial charge in [-0.15, -0.1) is 0 Å². The number of hydrogen-bond donors (Lipinski definition) is 0. The van der Waals surface area contributed by atoms with Gasteiger partial charge in [-0.3, -0.25) is 0 Å². The van der Waals surface area contributed by atoms with Gasteiger partial charge in [0.15, 0.2) is 5.65 Å². The van der Waals surface area contributed by atoms with Gasteiger partial charge >= 0.3 is 6.09 Å². The Morgan fingerprint density at radius 1 is 0.974 bits per heavy atom. The van der Waals surface area contributed by atoms with Gasteiger partial charge in [-0.1, -0.05) is 30.3 Å². The largest absolute Gasteiger partial charge is 0.497 e. The van der Waals surface area contributed by atoms with Crippen LogP contribution in [0.2, 0.25) is 0 Å². The highest BCUT2D eigenvalue weighted by atomic mass is 16.6. The summed E-state index contributed by atoms with van der Waals surface area (Å²) in [4.78, 5) is 31.3. The van der Waals surface area contributed by atoms with Crippen molar-refractivity contribution in [1.82, 2.24) is 24.4 Å². The Bertz CT molecular complexity index is 1430. The number of nitrogens with zero attached hydrogens (tertiary/aromatic N) is 6. The zero-order valence-electron chi connectivity index (χ0n) is 21.8. The van der Waals surface area contributed by atoms with Gasteiger partial charge in [0.05, 0.1) is 13.4 Å². The standard InChI is InChI=1S/C29H32N6O3/c1-33-20-30-25-24(22-8-10-23(37-2)11-9-22)31-27(32-26(25)33)34-15-12-29(13-16-34)14-17-35(19-29)28(36)38-18-21-6-4-3-5-7-21/h3-11,20H,12-19H2,1-2H3. The molecule has 0 bridgehead atoms. The molecule has 9 heteroatoms. The fourth-order valence-corrected chi connectivity index (χ4v) is 5.58. The molecule has 9 nitrogen and oxygen atoms in total. The molecule has 0 saturated carbocycles. The van der Waals surface area contributed by atoms with Crippen molar-refractivity contribution < 1.29 is 14.3 Å². The van der Waals surface area contributed by atoms with Gasteiger partial charge in [0.1, 0.15) is 23.6 Å². The molecular formula is C29H32N6O3. The minimum Gasteiger partial charge on any atom is -0.497 e. The highest BCUT2D eigenvalue weighted by molar-refractivity contribution is 5.88. The number of benzene rings is 2. The van der Waals surface area contributed by atoms with Crippen LogP contribution in [0.4, 0.5) is 10.7 Å². The normalized spacial score (nSPS) is 16.8. The zero-order chi connectivity index (χ0) is 26.1. The molecule has 0 N–H and O–H groups in total. The first-order valence-corrected chi connectivity index (χ1v) is 13.1. The highest BCUT2D eigenvalue weighted by Gasteiger charge is 2.43. The first kappa shape index (κ1) is 24.2. The number of imidazole rings is 1. The molecule has 1 amide bonds. The molecule has 4 heterocycles. The van der Waals surface area contributed by atoms with Gasteiger partial charge in [0.25, 0.3) is 0 Å². The van der Waals surface area contributed by atoms with Crippen LogP contribution in [-0.4, -0.2) is 63.8 Å². The van der Waals surface area contributed by atoms with Gasteiger partial charge in [0.2, 0.25) is 5.95 Å². The summed E-state index contributed by atoms with van der Waals surface area (Å²) in [6.45, 7) is 3.48. The molecule has 38 heavy (non-hydrogen) atoms. The maximum Gasteiger partial charge on any atom is 0.410 e. The Balaban J connectivity index is 1.15. The van der Waals surface area contributed by atoms with Crippen LogP contribution >= 0.6 is 0 Å². The molecule has 6 rings (SSSR count). The number of carbonyl (C=O) groups excluding carboxylic acids is 1. The molecule has 0 atom stereocenters. The topological polar surface area (TPSA) is 85.6 Å². The van der Waals surface area contributed by atoms with Crippen LogP contribution in [0.5, 0.6) is 5.75 Å². The van der Waals surface area contributed by atoms with Crippen molar-refractivity contribution in [2.45, 2.75) is 25.9 Å². The van der Waals surface area contributed by atoms with E-state index in [0.29, 0.717) is 6.61 Å². The van der Waals surface area contributed by atoms with Crippen LogP contribution in [-0.2, 0) is 18.4 Å². The zero-order valence-corrected chi connectivity index (χ0v) is 21.8. The third-order valence-electron chi connectivity index (χ3n) is 7.92. The second-order valence-corrected chi connectivity index (χ2v) is 10.3. The molecule has 0 unspecified atom stereocenters. The maximum absolute atomic E-state index is 12.7. The predicted octanol–water partition coefficient (Wildman–Crippen LogP) is 4.67. The Morgan fingerprint density at radius 2 is 1.71 bits per heavy atom. The van der Waals surface area contributed by atoms with E-state index in [9.17, 15) is 4.79 Å². The number of piperidine rings is 1. The summed E-state index contributed by atoms with van der Waals surface area (Å²) in [5.74, 6) is 1.52. The Kier molecular flexibility index (Phi) is 6.35. The SMILES string of the molecule is COc1ccc(-c2nc(N3CCC4(CCN(C(=O)OCc5ccccc5)C4)CC3)nc3c2ncn3C)cc1. The number of rotatable bonds is 5. The van der Waals surface area contributed by atoms with E-state index in [4.69, 9.17) is 19.4 Å². The predicted molar refractivity (Wildman–Crippen MR) is 145 cm³/mol. The Labute approximate surface area is 222 Å². The average Bonchev–Trinajstić information content (AvgIpc) is 3.56. The van der Waals surface area contributed by atoms with Crippen molar-refractivity contribution >= 4 is 23.2 Å². The van der Waals surface area contributed by atoms with E-state index in [1.165, 1.54) is 0 Å². The minimum atomic E-state index is -0.220. The first-order chi connectivity index (χ1) is 18.5. The van der Waals surface area contributed by atoms with E-state index in [2.05, 4.69) is 9.88 Å². The molecular weight excluding hydrogens is 480 g/mol. The molecule has 0 aliphatic carbocycles. The quantitative estimate of drug-likeness (QED) is 0.384. The van der Waals surface area contributed by atoms with Crippen molar-refractivity contribution in [3.63, 3.8) is 0 Å². The lowest BCUT2D eigenvalue weighted by molar-refractivity contribution is 0.0974. The summed E-state index contributed by atoms with van der Waals surface area (Å²) in [5, 5.41) is 0. The Morgan fingerprint density at radius 3 is 2.45 bits per heavy atom. The molecule has 2 aromatic heterocycles. The van der Waals surface area contributed by atoms with Gasteiger partial charge in [-0.2, -0.15) is 4.98 Å². The van der Waals surface area contributed by atoms with Crippen LogP contribution in [0.15, 0.2) is 60.9 Å². The minimum absolute atomic E-state index is 0.123. The van der Waals surface area contributed by atoms with Gasteiger partial charge in [-0.05, 0) is 54.5 Å². The summed E-state index contributed by atoms with van der Waals surface area (Å²) in [7, 11) is 3.62. The van der Waals surface area contributed by atoms with E-state index < -0.39 is 0 Å². The van der Waals surface area contributed by atoms with Gasteiger partial charge in [0, 0.05) is 38.8 Å². The maximum atomic E-state index is 12.7. The summed E-state index contributed by atoms with van der Waals surface area (Å²) in [6.07, 6.45) is 4.54. The van der Waals surface area contributed by atoms with E-state index in [-0.39, 0.29) is 11.5 Å². The van der Waals surface area contributed by atoms with Crippen LogP contribution in [0.1, 0.15) is 24.8 Å². The second-order valence-electron chi connectivity index (χ2n) is 10.3. The number of fused-ring (bicyclic) bond motifs is 1. The van der Waals surface area contributed by atoms with Crippen LogP contribution < -0.4 is 9.64 Å². The number of ether oxygens (including phenoxy) is 2. The van der Waals surface area contributed by atoms with Crippen LogP contribution in [0, 0.1) is 5.41 Å². The molecule has 1 spiro atoms. The lowest BCUT2D eigenvalue weighted by atomic mass is 9.78. The third kappa shape index (κ3) is 4.64. The van der Waals surface area contributed by atoms with Crippen molar-refractivity contribution in [1.29, 1.82) is 0 Å². The number of aromatic nitrogens is 4.